The number of rotatable bonds is 4. The molecular weight excluding hydrogens is 174 g/mol. The molecule has 14 heavy (non-hydrogen) atoms. The number of nitrogens with two attached hydrogens (primary N) is 1. The van der Waals surface area contributed by atoms with Gasteiger partial charge in [0.05, 0.1) is 12.2 Å². The van der Waals surface area contributed by atoms with Crippen molar-refractivity contribution in [3.63, 3.8) is 0 Å². The Bertz CT molecular complexity index is 294. The molecule has 0 radical (unpaired) electrons. The van der Waals surface area contributed by atoms with Crippen LogP contribution in [-0.2, 0) is 11.3 Å². The number of hydrogen-bond acceptors (Lipinski definition) is 2. The SMILES string of the molecule is CCC(C)(C)OCc1cccc(N)c1. The average molecular weight is 193 g/mol. The third kappa shape index (κ3) is 3.38. The summed E-state index contributed by atoms with van der Waals surface area (Å²) >= 11 is 0. The standard InChI is InChI=1S/C12H19NO/c1-4-12(2,3)14-9-10-6-5-7-11(13)8-10/h5-8H,4,9,13H2,1-3H3. The van der Waals surface area contributed by atoms with Gasteiger partial charge >= 0.3 is 0 Å². The average Bonchev–Trinajstić information content (AvgIpc) is 2.15. The smallest absolute Gasteiger partial charge is 0.0724 e. The van der Waals surface area contributed by atoms with Crippen LogP contribution >= 0.6 is 0 Å². The third-order valence-electron chi connectivity index (χ3n) is 2.43. The summed E-state index contributed by atoms with van der Waals surface area (Å²) < 4.78 is 5.76. The molecule has 0 unspecified atom stereocenters. The molecule has 0 bridgehead atoms. The fourth-order valence-corrected chi connectivity index (χ4v) is 1.06. The summed E-state index contributed by atoms with van der Waals surface area (Å²) in [7, 11) is 0. The Balaban J connectivity index is 2.54. The molecule has 0 aliphatic heterocycles. The Morgan fingerprint density at radius 1 is 1.36 bits per heavy atom. The predicted octanol–water partition coefficient (Wildman–Crippen LogP) is 2.97. The highest BCUT2D eigenvalue weighted by atomic mass is 16.5. The Labute approximate surface area is 86.1 Å². The van der Waals surface area contributed by atoms with Gasteiger partial charge in [0.25, 0.3) is 0 Å². The second-order valence-electron chi connectivity index (χ2n) is 4.15. The van der Waals surface area contributed by atoms with E-state index in [9.17, 15) is 0 Å². The van der Waals surface area contributed by atoms with Crippen molar-refractivity contribution < 1.29 is 4.74 Å². The maximum Gasteiger partial charge on any atom is 0.0724 e. The van der Waals surface area contributed by atoms with Crippen LogP contribution in [0.5, 0.6) is 0 Å². The molecule has 0 aromatic heterocycles. The summed E-state index contributed by atoms with van der Waals surface area (Å²) in [4.78, 5) is 0. The van der Waals surface area contributed by atoms with Gasteiger partial charge in [0.2, 0.25) is 0 Å². The van der Waals surface area contributed by atoms with E-state index in [0.29, 0.717) is 6.61 Å². The molecule has 0 amide bonds. The van der Waals surface area contributed by atoms with Crippen molar-refractivity contribution in [2.75, 3.05) is 5.73 Å². The first kappa shape index (κ1) is 11.1. The number of hydrogen-bond donors (Lipinski definition) is 1. The molecule has 1 rings (SSSR count). The van der Waals surface area contributed by atoms with Crippen LogP contribution < -0.4 is 5.73 Å². The lowest BCUT2D eigenvalue weighted by Crippen LogP contribution is -2.22. The van der Waals surface area contributed by atoms with Crippen LogP contribution in [0.3, 0.4) is 0 Å². The van der Waals surface area contributed by atoms with Gasteiger partial charge < -0.3 is 10.5 Å². The largest absolute Gasteiger partial charge is 0.399 e. The molecule has 0 saturated heterocycles. The van der Waals surface area contributed by atoms with Gasteiger partial charge in [-0.15, -0.1) is 0 Å². The second kappa shape index (κ2) is 4.47. The predicted molar refractivity (Wildman–Crippen MR) is 60.0 cm³/mol. The van der Waals surface area contributed by atoms with Gasteiger partial charge in [-0.1, -0.05) is 19.1 Å². The highest BCUT2D eigenvalue weighted by Gasteiger charge is 2.14. The molecule has 0 heterocycles. The lowest BCUT2D eigenvalue weighted by Gasteiger charge is -2.23. The minimum atomic E-state index is -0.0510. The summed E-state index contributed by atoms with van der Waals surface area (Å²) in [5.74, 6) is 0. The zero-order valence-corrected chi connectivity index (χ0v) is 9.21. The topological polar surface area (TPSA) is 35.2 Å². The molecule has 1 aromatic rings. The highest BCUT2D eigenvalue weighted by Crippen LogP contribution is 2.17. The van der Waals surface area contributed by atoms with E-state index in [1.807, 2.05) is 24.3 Å². The van der Waals surface area contributed by atoms with E-state index < -0.39 is 0 Å². The molecular formula is C12H19NO. The van der Waals surface area contributed by atoms with E-state index in [-0.39, 0.29) is 5.60 Å². The molecule has 0 spiro atoms. The highest BCUT2D eigenvalue weighted by molar-refractivity contribution is 5.40. The minimum Gasteiger partial charge on any atom is -0.399 e. The summed E-state index contributed by atoms with van der Waals surface area (Å²) in [5.41, 5.74) is 7.55. The summed E-state index contributed by atoms with van der Waals surface area (Å²) in [5, 5.41) is 0. The zero-order chi connectivity index (χ0) is 10.6. The Morgan fingerprint density at radius 2 is 2.07 bits per heavy atom. The van der Waals surface area contributed by atoms with Crippen LogP contribution in [-0.4, -0.2) is 5.60 Å². The van der Waals surface area contributed by atoms with Crippen molar-refractivity contribution in [1.29, 1.82) is 0 Å². The summed E-state index contributed by atoms with van der Waals surface area (Å²) in [6, 6.07) is 7.81. The van der Waals surface area contributed by atoms with Crippen LogP contribution in [0.25, 0.3) is 0 Å². The Kier molecular flexibility index (Phi) is 3.53. The fourth-order valence-electron chi connectivity index (χ4n) is 1.06. The Morgan fingerprint density at radius 3 is 2.64 bits per heavy atom. The molecule has 0 aliphatic carbocycles. The number of anilines is 1. The van der Waals surface area contributed by atoms with Gasteiger partial charge in [-0.2, -0.15) is 0 Å². The van der Waals surface area contributed by atoms with Crippen LogP contribution in [0.15, 0.2) is 24.3 Å². The van der Waals surface area contributed by atoms with Crippen molar-refractivity contribution in [3.8, 4) is 0 Å². The van der Waals surface area contributed by atoms with Gasteiger partial charge in [0.15, 0.2) is 0 Å². The van der Waals surface area contributed by atoms with E-state index in [2.05, 4.69) is 20.8 Å². The van der Waals surface area contributed by atoms with E-state index in [4.69, 9.17) is 10.5 Å². The maximum absolute atomic E-state index is 5.76. The first-order valence-electron chi connectivity index (χ1n) is 5.02. The Hall–Kier alpha value is -1.02. The van der Waals surface area contributed by atoms with Crippen molar-refractivity contribution >= 4 is 5.69 Å². The number of benzene rings is 1. The zero-order valence-electron chi connectivity index (χ0n) is 9.21. The van der Waals surface area contributed by atoms with Gasteiger partial charge in [0.1, 0.15) is 0 Å². The van der Waals surface area contributed by atoms with Crippen molar-refractivity contribution in [2.24, 2.45) is 0 Å². The van der Waals surface area contributed by atoms with E-state index in [1.54, 1.807) is 0 Å². The molecule has 0 saturated carbocycles. The number of ether oxygens (including phenoxy) is 1. The van der Waals surface area contributed by atoms with Crippen molar-refractivity contribution in [1.82, 2.24) is 0 Å². The van der Waals surface area contributed by atoms with Crippen LogP contribution in [0.2, 0.25) is 0 Å². The molecule has 0 atom stereocenters. The summed E-state index contributed by atoms with van der Waals surface area (Å²) in [6.45, 7) is 6.95. The summed E-state index contributed by atoms with van der Waals surface area (Å²) in [6.07, 6.45) is 1.01. The lowest BCUT2D eigenvalue weighted by atomic mass is 10.1. The second-order valence-corrected chi connectivity index (χ2v) is 4.15. The molecule has 2 nitrogen and oxygen atoms in total. The molecule has 78 valence electrons. The van der Waals surface area contributed by atoms with Gasteiger partial charge in [-0.3, -0.25) is 0 Å². The van der Waals surface area contributed by atoms with Crippen molar-refractivity contribution in [2.45, 2.75) is 39.4 Å². The quantitative estimate of drug-likeness (QED) is 0.746. The van der Waals surface area contributed by atoms with E-state index >= 15 is 0 Å². The first-order chi connectivity index (χ1) is 6.53. The maximum atomic E-state index is 5.76. The van der Waals surface area contributed by atoms with E-state index in [1.165, 1.54) is 0 Å². The van der Waals surface area contributed by atoms with Gasteiger partial charge in [0, 0.05) is 5.69 Å². The van der Waals surface area contributed by atoms with Crippen LogP contribution in [0.4, 0.5) is 5.69 Å². The first-order valence-corrected chi connectivity index (χ1v) is 5.02. The monoisotopic (exact) mass is 193 g/mol. The van der Waals surface area contributed by atoms with Crippen LogP contribution in [0.1, 0.15) is 32.8 Å². The molecule has 0 aliphatic rings. The molecule has 0 fully saturated rings. The molecule has 2 heteroatoms. The normalized spacial score (nSPS) is 11.6. The minimum absolute atomic E-state index is 0.0510. The molecule has 1 aromatic carbocycles. The van der Waals surface area contributed by atoms with Gasteiger partial charge in [-0.25, -0.2) is 0 Å². The molecule has 2 N–H and O–H groups in total. The number of nitrogen functional groups attached to an aromatic ring is 1. The fraction of sp³-hybridized carbons (Fsp3) is 0.500. The van der Waals surface area contributed by atoms with Crippen molar-refractivity contribution in [3.05, 3.63) is 29.8 Å². The van der Waals surface area contributed by atoms with Crippen LogP contribution in [0, 0.1) is 0 Å². The lowest BCUT2D eigenvalue weighted by molar-refractivity contribution is -0.0316. The third-order valence-corrected chi connectivity index (χ3v) is 2.43. The van der Waals surface area contributed by atoms with E-state index in [0.717, 1.165) is 17.7 Å². The van der Waals surface area contributed by atoms with Gasteiger partial charge in [-0.05, 0) is 38.0 Å².